The molecule has 2 heterocycles. The van der Waals surface area contributed by atoms with Gasteiger partial charge in [-0.3, -0.25) is 4.79 Å². The van der Waals surface area contributed by atoms with Crippen LogP contribution in [-0.2, 0) is 11.3 Å². The summed E-state index contributed by atoms with van der Waals surface area (Å²) in [5.74, 6) is 1.88. The van der Waals surface area contributed by atoms with Crippen molar-refractivity contribution in [2.45, 2.75) is 46.2 Å². The molecule has 6 nitrogen and oxygen atoms in total. The van der Waals surface area contributed by atoms with Gasteiger partial charge in [0.25, 0.3) is 0 Å². The standard InChI is InChI=1S/C23H25N3O3/c1-4-28-19-7-5-6-17(13-19)22-24-23(29-25-22)20-10-11-21(27)26(20)14-18-12-15(2)8-9-16(18)3/h5-9,12-13,20H,4,10-11,14H2,1-3H3. The molecule has 6 heteroatoms. The fourth-order valence-corrected chi connectivity index (χ4v) is 3.72. The van der Waals surface area contributed by atoms with E-state index in [9.17, 15) is 4.79 Å². The van der Waals surface area contributed by atoms with Gasteiger partial charge in [-0.15, -0.1) is 0 Å². The van der Waals surface area contributed by atoms with Crippen LogP contribution in [0.3, 0.4) is 0 Å². The quantitative estimate of drug-likeness (QED) is 0.613. The summed E-state index contributed by atoms with van der Waals surface area (Å²) < 4.78 is 11.1. The smallest absolute Gasteiger partial charge is 0.249 e. The van der Waals surface area contributed by atoms with Gasteiger partial charge in [-0.05, 0) is 50.5 Å². The van der Waals surface area contributed by atoms with Crippen LogP contribution in [0.15, 0.2) is 47.0 Å². The second-order valence-electron chi connectivity index (χ2n) is 7.42. The van der Waals surface area contributed by atoms with Gasteiger partial charge in [0, 0.05) is 18.5 Å². The largest absolute Gasteiger partial charge is 0.494 e. The van der Waals surface area contributed by atoms with E-state index in [4.69, 9.17) is 9.26 Å². The van der Waals surface area contributed by atoms with Crippen LogP contribution in [0.4, 0.5) is 0 Å². The van der Waals surface area contributed by atoms with Gasteiger partial charge in [-0.2, -0.15) is 4.98 Å². The maximum absolute atomic E-state index is 12.6. The first-order chi connectivity index (χ1) is 14.0. The van der Waals surface area contributed by atoms with Crippen molar-refractivity contribution in [3.8, 4) is 17.1 Å². The minimum absolute atomic E-state index is 0.119. The third kappa shape index (κ3) is 4.01. The molecule has 1 aliphatic heterocycles. The van der Waals surface area contributed by atoms with Crippen molar-refractivity contribution >= 4 is 5.91 Å². The highest BCUT2D eigenvalue weighted by atomic mass is 16.5. The Hall–Kier alpha value is -3.15. The zero-order valence-corrected chi connectivity index (χ0v) is 17.0. The van der Waals surface area contributed by atoms with E-state index in [1.165, 1.54) is 11.1 Å². The highest BCUT2D eigenvalue weighted by Gasteiger charge is 2.36. The number of rotatable bonds is 6. The molecule has 1 atom stereocenters. The fourth-order valence-electron chi connectivity index (χ4n) is 3.72. The minimum atomic E-state index is -0.196. The fraction of sp³-hybridized carbons (Fsp3) is 0.348. The number of carbonyl (C=O) groups excluding carboxylic acids is 1. The van der Waals surface area contributed by atoms with Crippen molar-refractivity contribution in [3.63, 3.8) is 0 Å². The molecule has 150 valence electrons. The van der Waals surface area contributed by atoms with Gasteiger partial charge in [0.15, 0.2) is 0 Å². The summed E-state index contributed by atoms with van der Waals surface area (Å²) in [5, 5.41) is 4.15. The third-order valence-electron chi connectivity index (χ3n) is 5.30. The van der Waals surface area contributed by atoms with E-state index in [0.717, 1.165) is 16.9 Å². The SMILES string of the molecule is CCOc1cccc(-c2noc(C3CCC(=O)N3Cc3cc(C)ccc3C)n2)c1. The minimum Gasteiger partial charge on any atom is -0.494 e. The molecule has 1 unspecified atom stereocenters. The predicted octanol–water partition coefficient (Wildman–Crippen LogP) is 4.62. The topological polar surface area (TPSA) is 68.5 Å². The number of likely N-dealkylation sites (tertiary alicyclic amines) is 1. The summed E-state index contributed by atoms with van der Waals surface area (Å²) in [7, 11) is 0. The van der Waals surface area contributed by atoms with Crippen LogP contribution >= 0.6 is 0 Å². The Morgan fingerprint density at radius 1 is 1.21 bits per heavy atom. The molecule has 0 spiro atoms. The van der Waals surface area contributed by atoms with Gasteiger partial charge in [0.2, 0.25) is 17.6 Å². The van der Waals surface area contributed by atoms with E-state index in [1.54, 1.807) is 0 Å². The molecule has 2 aromatic carbocycles. The molecular formula is C23H25N3O3. The molecule has 1 amide bonds. The van der Waals surface area contributed by atoms with Crippen LogP contribution < -0.4 is 4.74 Å². The molecular weight excluding hydrogens is 366 g/mol. The molecule has 0 bridgehead atoms. The summed E-state index contributed by atoms with van der Waals surface area (Å²) in [6, 6.07) is 13.7. The van der Waals surface area contributed by atoms with Gasteiger partial charge in [-0.25, -0.2) is 0 Å². The van der Waals surface area contributed by atoms with Gasteiger partial charge in [-0.1, -0.05) is 41.1 Å². The molecule has 3 aromatic rings. The normalized spacial score (nSPS) is 16.4. The van der Waals surface area contributed by atoms with E-state index < -0.39 is 0 Å². The Kier molecular flexibility index (Phi) is 5.34. The number of nitrogens with zero attached hydrogens (tertiary/aromatic N) is 3. The van der Waals surface area contributed by atoms with Crippen LogP contribution in [0.25, 0.3) is 11.4 Å². The first-order valence-corrected chi connectivity index (χ1v) is 9.97. The molecule has 1 aromatic heterocycles. The number of aromatic nitrogens is 2. The summed E-state index contributed by atoms with van der Waals surface area (Å²) >= 11 is 0. The first kappa shape index (κ1) is 19.2. The van der Waals surface area contributed by atoms with Crippen LogP contribution in [0, 0.1) is 13.8 Å². The number of aryl methyl sites for hydroxylation is 2. The number of carbonyl (C=O) groups is 1. The second-order valence-corrected chi connectivity index (χ2v) is 7.42. The first-order valence-electron chi connectivity index (χ1n) is 9.97. The van der Waals surface area contributed by atoms with Gasteiger partial charge in [0.1, 0.15) is 11.8 Å². The Morgan fingerprint density at radius 2 is 2.07 bits per heavy atom. The van der Waals surface area contributed by atoms with E-state index >= 15 is 0 Å². The molecule has 1 fully saturated rings. The van der Waals surface area contributed by atoms with E-state index in [2.05, 4.69) is 42.2 Å². The second kappa shape index (κ2) is 8.07. The summed E-state index contributed by atoms with van der Waals surface area (Å²) in [4.78, 5) is 19.0. The van der Waals surface area contributed by atoms with Crippen molar-refractivity contribution in [1.29, 1.82) is 0 Å². The van der Waals surface area contributed by atoms with Gasteiger partial charge < -0.3 is 14.2 Å². The monoisotopic (exact) mass is 391 g/mol. The van der Waals surface area contributed by atoms with Crippen molar-refractivity contribution < 1.29 is 14.1 Å². The van der Waals surface area contributed by atoms with Crippen LogP contribution in [0.5, 0.6) is 5.75 Å². The zero-order chi connectivity index (χ0) is 20.4. The van der Waals surface area contributed by atoms with Crippen molar-refractivity contribution in [1.82, 2.24) is 15.0 Å². The number of hydrogen-bond donors (Lipinski definition) is 0. The maximum atomic E-state index is 12.6. The molecule has 1 saturated heterocycles. The molecule has 29 heavy (non-hydrogen) atoms. The average molecular weight is 391 g/mol. The van der Waals surface area contributed by atoms with Crippen molar-refractivity contribution in [2.24, 2.45) is 0 Å². The zero-order valence-electron chi connectivity index (χ0n) is 17.0. The Bertz CT molecular complexity index is 1030. The number of benzene rings is 2. The Balaban J connectivity index is 1.58. The maximum Gasteiger partial charge on any atom is 0.249 e. The lowest BCUT2D eigenvalue weighted by Gasteiger charge is -2.23. The lowest BCUT2D eigenvalue weighted by atomic mass is 10.0. The van der Waals surface area contributed by atoms with Gasteiger partial charge in [0.05, 0.1) is 6.61 Å². The van der Waals surface area contributed by atoms with Crippen LogP contribution in [-0.4, -0.2) is 27.6 Å². The van der Waals surface area contributed by atoms with Gasteiger partial charge >= 0.3 is 0 Å². The molecule has 0 radical (unpaired) electrons. The summed E-state index contributed by atoms with van der Waals surface area (Å²) in [6.07, 6.45) is 1.18. The Labute approximate surface area is 170 Å². The van der Waals surface area contributed by atoms with E-state index in [-0.39, 0.29) is 11.9 Å². The lowest BCUT2D eigenvalue weighted by Crippen LogP contribution is -2.27. The highest BCUT2D eigenvalue weighted by Crippen LogP contribution is 2.35. The van der Waals surface area contributed by atoms with Crippen molar-refractivity contribution in [3.05, 3.63) is 65.0 Å². The van der Waals surface area contributed by atoms with Crippen molar-refractivity contribution in [2.75, 3.05) is 6.61 Å². The molecule has 0 aliphatic carbocycles. The summed E-state index contributed by atoms with van der Waals surface area (Å²) in [5.41, 5.74) is 4.34. The molecule has 4 rings (SSSR count). The molecule has 1 aliphatic rings. The number of hydrogen-bond acceptors (Lipinski definition) is 5. The van der Waals surface area contributed by atoms with E-state index in [0.29, 0.717) is 37.7 Å². The molecule has 0 saturated carbocycles. The highest BCUT2D eigenvalue weighted by molar-refractivity contribution is 5.79. The third-order valence-corrected chi connectivity index (χ3v) is 5.30. The Morgan fingerprint density at radius 3 is 2.90 bits per heavy atom. The van der Waals surface area contributed by atoms with Crippen LogP contribution in [0.2, 0.25) is 0 Å². The molecule has 0 N–H and O–H groups in total. The number of amides is 1. The van der Waals surface area contributed by atoms with Crippen LogP contribution in [0.1, 0.15) is 48.4 Å². The lowest BCUT2D eigenvalue weighted by molar-refractivity contribution is -0.130. The average Bonchev–Trinajstić information content (AvgIpc) is 3.33. The number of ether oxygens (including phenoxy) is 1. The summed E-state index contributed by atoms with van der Waals surface area (Å²) in [6.45, 7) is 7.22. The predicted molar refractivity (Wildman–Crippen MR) is 109 cm³/mol. The van der Waals surface area contributed by atoms with E-state index in [1.807, 2.05) is 36.1 Å².